The molecule has 98 valence electrons. The van der Waals surface area contributed by atoms with Gasteiger partial charge in [-0.2, -0.15) is 0 Å². The molecule has 0 spiro atoms. The number of carbonyl (C=O) groups excluding carboxylic acids is 1. The molecule has 0 N–H and O–H groups in total. The second-order valence-corrected chi connectivity index (χ2v) is 6.63. The Balaban J connectivity index is 1.79. The first-order valence-corrected chi connectivity index (χ1v) is 7.51. The average molecular weight is 252 g/mol. The molecule has 3 aliphatic rings. The molecule has 2 saturated carbocycles. The molecule has 0 radical (unpaired) electrons. The van der Waals surface area contributed by atoms with E-state index in [0.29, 0.717) is 17.6 Å². The fourth-order valence-electron chi connectivity index (χ4n) is 4.68. The summed E-state index contributed by atoms with van der Waals surface area (Å²) in [5.41, 5.74) is 4.55. The number of hydrogen-bond acceptors (Lipinski definition) is 1. The zero-order valence-electron chi connectivity index (χ0n) is 11.5. The molecule has 4 rings (SSSR count). The summed E-state index contributed by atoms with van der Waals surface area (Å²) in [6.07, 6.45) is 7.61. The molecule has 0 heterocycles. The van der Waals surface area contributed by atoms with Crippen molar-refractivity contribution in [1.82, 2.24) is 0 Å². The Labute approximate surface area is 114 Å². The highest BCUT2D eigenvalue weighted by molar-refractivity contribution is 5.88. The quantitative estimate of drug-likeness (QED) is 0.637. The van der Waals surface area contributed by atoms with Crippen LogP contribution in [0.5, 0.6) is 0 Å². The van der Waals surface area contributed by atoms with Crippen molar-refractivity contribution in [2.45, 2.75) is 44.9 Å². The van der Waals surface area contributed by atoms with Gasteiger partial charge in [0.05, 0.1) is 0 Å². The Kier molecular flexibility index (Phi) is 2.30. The van der Waals surface area contributed by atoms with E-state index < -0.39 is 0 Å². The van der Waals surface area contributed by atoms with Crippen LogP contribution in [0, 0.1) is 11.3 Å². The lowest BCUT2D eigenvalue weighted by Gasteiger charge is -2.43. The molecule has 3 aliphatic carbocycles. The zero-order valence-corrected chi connectivity index (χ0v) is 11.5. The molecule has 0 aromatic heterocycles. The molecule has 3 atom stereocenters. The summed E-state index contributed by atoms with van der Waals surface area (Å²) in [6, 6.07) is 8.86. The van der Waals surface area contributed by atoms with Gasteiger partial charge in [0.2, 0.25) is 0 Å². The van der Waals surface area contributed by atoms with Crippen molar-refractivity contribution in [3.8, 4) is 0 Å². The van der Waals surface area contributed by atoms with E-state index in [9.17, 15) is 4.79 Å². The first kappa shape index (κ1) is 11.5. The molecule has 2 fully saturated rings. The second kappa shape index (κ2) is 3.82. The maximum absolute atomic E-state index is 12.2. The van der Waals surface area contributed by atoms with Crippen LogP contribution < -0.4 is 0 Å². The van der Waals surface area contributed by atoms with Gasteiger partial charge in [-0.1, -0.05) is 42.8 Å². The van der Waals surface area contributed by atoms with E-state index in [4.69, 9.17) is 0 Å². The molecule has 0 bridgehead atoms. The number of ketones is 1. The van der Waals surface area contributed by atoms with Crippen molar-refractivity contribution in [3.05, 3.63) is 47.0 Å². The average Bonchev–Trinajstić information content (AvgIpc) is 2.75. The van der Waals surface area contributed by atoms with E-state index >= 15 is 0 Å². The van der Waals surface area contributed by atoms with Crippen LogP contribution in [0.1, 0.15) is 49.7 Å². The predicted octanol–water partition coefficient (Wildman–Crippen LogP) is 4.03. The smallest absolute Gasteiger partial charge is 0.139 e. The number of fused-ring (bicyclic) bond motifs is 5. The van der Waals surface area contributed by atoms with Crippen molar-refractivity contribution in [3.63, 3.8) is 0 Å². The zero-order chi connectivity index (χ0) is 13.0. The fourth-order valence-corrected chi connectivity index (χ4v) is 4.68. The van der Waals surface area contributed by atoms with Crippen LogP contribution in [-0.4, -0.2) is 5.78 Å². The third-order valence-corrected chi connectivity index (χ3v) is 5.81. The summed E-state index contributed by atoms with van der Waals surface area (Å²) in [5.74, 6) is 1.62. The number of carbonyl (C=O) groups is 1. The standard InChI is InChI=1S/C18H20O/c1-18-11-10-14-13-5-3-2-4-12(13)6-7-15(14)16(18)8-9-17(18)19/h2-5,7,14,16H,6,8-11H2,1H3/t14-,16+,18+/m1/s1. The molecule has 1 nitrogen and oxygen atoms in total. The summed E-state index contributed by atoms with van der Waals surface area (Å²) < 4.78 is 0. The largest absolute Gasteiger partial charge is 0.299 e. The van der Waals surface area contributed by atoms with E-state index in [1.54, 1.807) is 5.57 Å². The van der Waals surface area contributed by atoms with Crippen molar-refractivity contribution >= 4 is 5.78 Å². The lowest BCUT2D eigenvalue weighted by molar-refractivity contribution is -0.126. The summed E-state index contributed by atoms with van der Waals surface area (Å²) in [4.78, 5) is 12.2. The number of allylic oxidation sites excluding steroid dienone is 2. The lowest BCUT2D eigenvalue weighted by Crippen LogP contribution is -2.37. The maximum atomic E-state index is 12.2. The van der Waals surface area contributed by atoms with Gasteiger partial charge in [-0.15, -0.1) is 0 Å². The van der Waals surface area contributed by atoms with E-state index in [0.717, 1.165) is 32.1 Å². The van der Waals surface area contributed by atoms with Crippen molar-refractivity contribution in [1.29, 1.82) is 0 Å². The SMILES string of the molecule is C[C@]12CC[C@H]3C(=CCc4ccccc43)[C@@H]1CCC2=O. The first-order valence-electron chi connectivity index (χ1n) is 7.51. The van der Waals surface area contributed by atoms with Crippen LogP contribution >= 0.6 is 0 Å². The molecule has 1 aromatic rings. The van der Waals surface area contributed by atoms with Crippen LogP contribution in [-0.2, 0) is 11.2 Å². The third-order valence-electron chi connectivity index (χ3n) is 5.81. The number of benzene rings is 1. The molecular formula is C18H20O. The molecule has 0 aliphatic heterocycles. The molecule has 0 amide bonds. The Bertz CT molecular complexity index is 583. The van der Waals surface area contributed by atoms with Gasteiger partial charge in [-0.05, 0) is 42.7 Å². The Hall–Kier alpha value is -1.37. The Morgan fingerprint density at radius 3 is 2.95 bits per heavy atom. The minimum atomic E-state index is -0.0470. The van der Waals surface area contributed by atoms with Gasteiger partial charge >= 0.3 is 0 Å². The molecule has 1 aromatic carbocycles. The highest BCUT2D eigenvalue weighted by atomic mass is 16.1. The fraction of sp³-hybridized carbons (Fsp3) is 0.500. The van der Waals surface area contributed by atoms with E-state index in [-0.39, 0.29) is 5.41 Å². The van der Waals surface area contributed by atoms with Gasteiger partial charge in [0.25, 0.3) is 0 Å². The maximum Gasteiger partial charge on any atom is 0.139 e. The highest BCUT2D eigenvalue weighted by Gasteiger charge is 2.51. The van der Waals surface area contributed by atoms with Crippen LogP contribution in [0.4, 0.5) is 0 Å². The first-order chi connectivity index (χ1) is 9.20. The van der Waals surface area contributed by atoms with E-state index in [2.05, 4.69) is 37.3 Å². The molecule has 1 heteroatoms. The van der Waals surface area contributed by atoms with Crippen molar-refractivity contribution < 1.29 is 4.79 Å². The van der Waals surface area contributed by atoms with E-state index in [1.807, 2.05) is 0 Å². The van der Waals surface area contributed by atoms with Crippen LogP contribution in [0.15, 0.2) is 35.9 Å². The van der Waals surface area contributed by atoms with Gasteiger partial charge in [-0.3, -0.25) is 4.79 Å². The minimum absolute atomic E-state index is 0.0470. The van der Waals surface area contributed by atoms with Gasteiger partial charge < -0.3 is 0 Å². The lowest BCUT2D eigenvalue weighted by atomic mass is 9.60. The van der Waals surface area contributed by atoms with Crippen molar-refractivity contribution in [2.24, 2.45) is 11.3 Å². The molecular weight excluding hydrogens is 232 g/mol. The predicted molar refractivity (Wildman–Crippen MR) is 76.0 cm³/mol. The topological polar surface area (TPSA) is 17.1 Å². The monoisotopic (exact) mass is 252 g/mol. The normalized spacial score (nSPS) is 36.3. The Morgan fingerprint density at radius 1 is 1.21 bits per heavy atom. The highest BCUT2D eigenvalue weighted by Crippen LogP contribution is 2.57. The van der Waals surface area contributed by atoms with Crippen LogP contribution in [0.2, 0.25) is 0 Å². The molecule has 0 unspecified atom stereocenters. The number of rotatable bonds is 0. The van der Waals surface area contributed by atoms with Gasteiger partial charge in [0, 0.05) is 17.8 Å². The summed E-state index contributed by atoms with van der Waals surface area (Å²) in [6.45, 7) is 2.21. The van der Waals surface area contributed by atoms with Crippen LogP contribution in [0.3, 0.4) is 0 Å². The molecule has 0 saturated heterocycles. The van der Waals surface area contributed by atoms with Gasteiger partial charge in [-0.25, -0.2) is 0 Å². The summed E-state index contributed by atoms with van der Waals surface area (Å²) >= 11 is 0. The van der Waals surface area contributed by atoms with Crippen molar-refractivity contribution in [2.75, 3.05) is 0 Å². The third kappa shape index (κ3) is 1.45. The number of hydrogen-bond donors (Lipinski definition) is 0. The summed E-state index contributed by atoms with van der Waals surface area (Å²) in [5, 5.41) is 0. The minimum Gasteiger partial charge on any atom is -0.299 e. The van der Waals surface area contributed by atoms with Crippen LogP contribution in [0.25, 0.3) is 0 Å². The van der Waals surface area contributed by atoms with E-state index in [1.165, 1.54) is 11.1 Å². The van der Waals surface area contributed by atoms with Gasteiger partial charge in [0.15, 0.2) is 0 Å². The van der Waals surface area contributed by atoms with Gasteiger partial charge in [0.1, 0.15) is 5.78 Å². The second-order valence-electron chi connectivity index (χ2n) is 6.63. The number of Topliss-reactive ketones (excluding diaryl/α,β-unsaturated/α-hetero) is 1. The molecule has 19 heavy (non-hydrogen) atoms. The summed E-state index contributed by atoms with van der Waals surface area (Å²) in [7, 11) is 0. The Morgan fingerprint density at radius 2 is 2.05 bits per heavy atom.